The SMILES string of the molecule is Cc1cc(=O)c(O)c2n1N1C(c3ccccc3)C(CC(F)(F)F)CCC1N(C)C2=O. The number of amides is 1. The quantitative estimate of drug-likeness (QED) is 0.808. The number of hydrogen-bond donors (Lipinski definition) is 1. The summed E-state index contributed by atoms with van der Waals surface area (Å²) in [5.41, 5.74) is 0.155. The lowest BCUT2D eigenvalue weighted by atomic mass is 9.81. The van der Waals surface area contributed by atoms with Gasteiger partial charge in [0.2, 0.25) is 5.43 Å². The van der Waals surface area contributed by atoms with Gasteiger partial charge >= 0.3 is 6.18 Å². The number of halogens is 3. The number of aryl methyl sites for hydroxylation is 1. The summed E-state index contributed by atoms with van der Waals surface area (Å²) in [4.78, 5) is 26.5. The molecule has 0 bridgehead atoms. The monoisotopic (exact) mass is 421 g/mol. The Balaban J connectivity index is 1.96. The molecule has 1 amide bonds. The van der Waals surface area contributed by atoms with E-state index in [4.69, 9.17) is 0 Å². The number of nitrogens with zero attached hydrogens (tertiary/aromatic N) is 3. The van der Waals surface area contributed by atoms with Crippen molar-refractivity contribution in [3.63, 3.8) is 0 Å². The minimum absolute atomic E-state index is 0.215. The number of carbonyl (C=O) groups is 1. The topological polar surface area (TPSA) is 65.8 Å². The minimum Gasteiger partial charge on any atom is -0.502 e. The van der Waals surface area contributed by atoms with Crippen LogP contribution < -0.4 is 10.4 Å². The zero-order valence-corrected chi connectivity index (χ0v) is 16.6. The Kier molecular flexibility index (Phi) is 4.79. The number of aromatic nitrogens is 1. The molecule has 0 spiro atoms. The number of aromatic hydroxyl groups is 1. The van der Waals surface area contributed by atoms with Crippen LogP contribution in [0.2, 0.25) is 0 Å². The fraction of sp³-hybridized carbons (Fsp3) is 0.429. The second kappa shape index (κ2) is 7.07. The van der Waals surface area contributed by atoms with Gasteiger partial charge in [-0.25, -0.2) is 0 Å². The third-order valence-electron chi connectivity index (χ3n) is 6.01. The van der Waals surface area contributed by atoms with Gasteiger partial charge in [0.1, 0.15) is 6.17 Å². The largest absolute Gasteiger partial charge is 0.502 e. The molecule has 0 aliphatic carbocycles. The summed E-state index contributed by atoms with van der Waals surface area (Å²) < 4.78 is 41.7. The summed E-state index contributed by atoms with van der Waals surface area (Å²) in [6.45, 7) is 1.61. The van der Waals surface area contributed by atoms with E-state index in [0.717, 1.165) is 0 Å². The highest BCUT2D eigenvalue weighted by atomic mass is 19.4. The number of piperidine rings is 1. The van der Waals surface area contributed by atoms with Gasteiger partial charge in [0.05, 0.1) is 6.04 Å². The summed E-state index contributed by atoms with van der Waals surface area (Å²) >= 11 is 0. The van der Waals surface area contributed by atoms with E-state index in [2.05, 4.69) is 0 Å². The van der Waals surface area contributed by atoms with Gasteiger partial charge in [-0.3, -0.25) is 19.3 Å². The fourth-order valence-electron chi connectivity index (χ4n) is 4.77. The Morgan fingerprint density at radius 3 is 2.43 bits per heavy atom. The van der Waals surface area contributed by atoms with E-state index < -0.39 is 47.8 Å². The third kappa shape index (κ3) is 3.22. The molecule has 9 heteroatoms. The first kappa shape index (κ1) is 20.3. The second-order valence-electron chi connectivity index (χ2n) is 7.95. The number of fused-ring (bicyclic) bond motifs is 3. The van der Waals surface area contributed by atoms with E-state index in [-0.39, 0.29) is 5.69 Å². The number of hydrogen-bond acceptors (Lipinski definition) is 4. The zero-order valence-electron chi connectivity index (χ0n) is 16.6. The maximum Gasteiger partial charge on any atom is 0.389 e. The number of rotatable bonds is 2. The first-order valence-corrected chi connectivity index (χ1v) is 9.73. The van der Waals surface area contributed by atoms with Gasteiger partial charge in [0, 0.05) is 25.2 Å². The number of alkyl halides is 3. The van der Waals surface area contributed by atoms with Crippen molar-refractivity contribution in [3.8, 4) is 5.75 Å². The lowest BCUT2D eigenvalue weighted by molar-refractivity contribution is -0.149. The van der Waals surface area contributed by atoms with Crippen LogP contribution in [0.25, 0.3) is 0 Å². The van der Waals surface area contributed by atoms with Crippen LogP contribution in [-0.2, 0) is 0 Å². The Bertz CT molecular complexity index is 1040. The van der Waals surface area contributed by atoms with Crippen LogP contribution in [0.4, 0.5) is 13.2 Å². The Morgan fingerprint density at radius 1 is 1.13 bits per heavy atom. The van der Waals surface area contributed by atoms with Crippen molar-refractivity contribution < 1.29 is 23.1 Å². The van der Waals surface area contributed by atoms with Crippen LogP contribution in [0, 0.1) is 12.8 Å². The molecule has 1 fully saturated rings. The van der Waals surface area contributed by atoms with Crippen molar-refractivity contribution in [2.24, 2.45) is 5.92 Å². The maximum absolute atomic E-state index is 13.4. The lowest BCUT2D eigenvalue weighted by Crippen LogP contribution is -2.64. The van der Waals surface area contributed by atoms with Gasteiger partial charge in [-0.2, -0.15) is 13.2 Å². The molecule has 6 nitrogen and oxygen atoms in total. The first-order chi connectivity index (χ1) is 14.1. The molecule has 160 valence electrons. The average molecular weight is 421 g/mol. The van der Waals surface area contributed by atoms with Crippen molar-refractivity contribution in [1.82, 2.24) is 9.58 Å². The van der Waals surface area contributed by atoms with Gasteiger partial charge in [-0.1, -0.05) is 30.3 Å². The van der Waals surface area contributed by atoms with Crippen molar-refractivity contribution in [2.45, 2.75) is 44.6 Å². The van der Waals surface area contributed by atoms with Crippen molar-refractivity contribution >= 4 is 5.91 Å². The number of pyridine rings is 1. The number of carbonyl (C=O) groups excluding carboxylic acids is 1. The van der Waals surface area contributed by atoms with E-state index >= 15 is 0 Å². The summed E-state index contributed by atoms with van der Waals surface area (Å²) in [6, 6.07) is 9.36. The molecule has 3 unspecified atom stereocenters. The molecular formula is C21H22F3N3O3. The Labute approximate surface area is 171 Å². The van der Waals surface area contributed by atoms with E-state index in [9.17, 15) is 27.9 Å². The van der Waals surface area contributed by atoms with Gasteiger partial charge in [-0.05, 0) is 31.2 Å². The van der Waals surface area contributed by atoms with Crippen LogP contribution in [0.5, 0.6) is 5.75 Å². The molecule has 1 aromatic carbocycles. The fourth-order valence-corrected chi connectivity index (χ4v) is 4.77. The molecule has 2 aromatic rings. The molecule has 4 rings (SSSR count). The van der Waals surface area contributed by atoms with Crippen molar-refractivity contribution in [1.29, 1.82) is 0 Å². The highest BCUT2D eigenvalue weighted by Gasteiger charge is 2.49. The maximum atomic E-state index is 13.4. The van der Waals surface area contributed by atoms with Crippen LogP contribution in [0.15, 0.2) is 41.2 Å². The van der Waals surface area contributed by atoms with Crippen LogP contribution >= 0.6 is 0 Å². The number of benzene rings is 1. The van der Waals surface area contributed by atoms with Gasteiger partial charge < -0.3 is 10.0 Å². The summed E-state index contributed by atoms with van der Waals surface area (Å²) in [7, 11) is 1.54. The summed E-state index contributed by atoms with van der Waals surface area (Å²) in [5.74, 6) is -1.98. The first-order valence-electron chi connectivity index (χ1n) is 9.73. The normalized spacial score (nSPS) is 23.9. The van der Waals surface area contributed by atoms with E-state index in [1.807, 2.05) is 0 Å². The van der Waals surface area contributed by atoms with E-state index in [0.29, 0.717) is 24.1 Å². The molecule has 1 N–H and O–H groups in total. The van der Waals surface area contributed by atoms with Gasteiger partial charge in [0.25, 0.3) is 5.91 Å². The zero-order chi connectivity index (χ0) is 21.8. The minimum atomic E-state index is -4.34. The smallest absolute Gasteiger partial charge is 0.389 e. The van der Waals surface area contributed by atoms with Gasteiger partial charge in [-0.15, -0.1) is 0 Å². The molecule has 1 saturated heterocycles. The van der Waals surface area contributed by atoms with Crippen LogP contribution in [-0.4, -0.2) is 40.0 Å². The van der Waals surface area contributed by atoms with Gasteiger partial charge in [0.15, 0.2) is 11.4 Å². The molecule has 0 saturated carbocycles. The molecule has 3 atom stereocenters. The average Bonchev–Trinajstić information content (AvgIpc) is 2.68. The van der Waals surface area contributed by atoms with Crippen LogP contribution in [0.3, 0.4) is 0 Å². The Morgan fingerprint density at radius 2 is 1.80 bits per heavy atom. The molecular weight excluding hydrogens is 399 g/mol. The molecule has 2 aliphatic rings. The summed E-state index contributed by atoms with van der Waals surface area (Å²) in [6.07, 6.45) is -5.17. The summed E-state index contributed by atoms with van der Waals surface area (Å²) in [5, 5.41) is 12.1. The third-order valence-corrected chi connectivity index (χ3v) is 6.01. The second-order valence-corrected chi connectivity index (χ2v) is 7.95. The van der Waals surface area contributed by atoms with Crippen LogP contribution in [0.1, 0.15) is 47.1 Å². The molecule has 1 aromatic heterocycles. The highest BCUT2D eigenvalue weighted by molar-refractivity contribution is 5.96. The van der Waals surface area contributed by atoms with E-state index in [1.165, 1.54) is 15.6 Å². The molecule has 0 radical (unpaired) electrons. The standard InChI is InChI=1S/C21H22F3N3O3/c1-12-10-15(28)19(29)18-20(30)25(2)16-9-8-14(11-21(22,23)24)17(27(16)26(12)18)13-6-4-3-5-7-13/h3-7,10,14,16-17,29H,8-9,11H2,1-2H3. The predicted molar refractivity (Wildman–Crippen MR) is 104 cm³/mol. The molecule has 30 heavy (non-hydrogen) atoms. The molecule has 2 aliphatic heterocycles. The predicted octanol–water partition coefficient (Wildman–Crippen LogP) is 3.32. The van der Waals surface area contributed by atoms with Crippen molar-refractivity contribution in [2.75, 3.05) is 12.1 Å². The lowest BCUT2D eigenvalue weighted by Gasteiger charge is -2.54. The molecule has 3 heterocycles. The Hall–Kier alpha value is -2.97. The van der Waals surface area contributed by atoms with Crippen molar-refractivity contribution in [3.05, 3.63) is 63.6 Å². The highest BCUT2D eigenvalue weighted by Crippen LogP contribution is 2.45. The van der Waals surface area contributed by atoms with E-state index in [1.54, 1.807) is 49.3 Å².